The van der Waals surface area contributed by atoms with Gasteiger partial charge in [-0.15, -0.1) is 0 Å². The van der Waals surface area contributed by atoms with E-state index >= 15 is 0 Å². The fraction of sp³-hybridized carbons (Fsp3) is 0.238. The van der Waals surface area contributed by atoms with Gasteiger partial charge in [-0.05, 0) is 24.3 Å². The molecule has 0 spiro atoms. The lowest BCUT2D eigenvalue weighted by atomic mass is 9.78. The van der Waals surface area contributed by atoms with Crippen molar-refractivity contribution in [3.63, 3.8) is 0 Å². The van der Waals surface area contributed by atoms with Crippen molar-refractivity contribution >= 4 is 0 Å². The molecule has 3 aromatic heterocycles. The van der Waals surface area contributed by atoms with Crippen LogP contribution in [0.2, 0.25) is 0 Å². The maximum atomic E-state index is 14.8. The van der Waals surface area contributed by atoms with Crippen LogP contribution in [0.25, 0.3) is 11.3 Å². The summed E-state index contributed by atoms with van der Waals surface area (Å²) >= 11 is 0. The van der Waals surface area contributed by atoms with Gasteiger partial charge in [-0.25, -0.2) is 18.4 Å². The predicted octanol–water partition coefficient (Wildman–Crippen LogP) is 3.04. The maximum absolute atomic E-state index is 14.8. The third-order valence-corrected chi connectivity index (χ3v) is 5.22. The Hall–Kier alpha value is -3.46. The molecule has 9 heteroatoms. The first-order valence-electron chi connectivity index (χ1n) is 9.34. The van der Waals surface area contributed by atoms with Crippen LogP contribution in [0.15, 0.2) is 61.4 Å². The van der Waals surface area contributed by atoms with Crippen LogP contribution >= 0.6 is 0 Å². The molecule has 0 fully saturated rings. The summed E-state index contributed by atoms with van der Waals surface area (Å²) in [5.41, 5.74) is 0.0796. The number of aryl methyl sites for hydroxylation is 1. The SMILES string of the molecule is C[C@@H](c1ncccc1-c1ccn(C)n1)[C@](O)(Cn1cncn1)c1ccc(F)cc1F. The van der Waals surface area contributed by atoms with Gasteiger partial charge in [0.15, 0.2) is 0 Å². The lowest BCUT2D eigenvalue weighted by Gasteiger charge is -2.35. The summed E-state index contributed by atoms with van der Waals surface area (Å²) in [6.07, 6.45) is 6.16. The Kier molecular flexibility index (Phi) is 5.13. The standard InChI is InChI=1S/C21H20F2N6O/c1-14(20-16(4-3-8-25-20)19-7-9-28(2)27-19)21(30,11-29-13-24-12-26-29)17-6-5-15(22)10-18(17)23/h3-10,12-14,30H,11H2,1-2H3/t14-,21+/m0/s1. The Labute approximate surface area is 171 Å². The molecule has 0 aliphatic heterocycles. The number of halogens is 2. The number of aliphatic hydroxyl groups is 1. The van der Waals surface area contributed by atoms with Crippen LogP contribution in [0.4, 0.5) is 8.78 Å². The maximum Gasteiger partial charge on any atom is 0.137 e. The number of pyridine rings is 1. The number of hydrogen-bond acceptors (Lipinski definition) is 5. The molecule has 2 atom stereocenters. The summed E-state index contributed by atoms with van der Waals surface area (Å²) in [5.74, 6) is -2.27. The van der Waals surface area contributed by atoms with E-state index in [0.717, 1.165) is 12.1 Å². The fourth-order valence-electron chi connectivity index (χ4n) is 3.62. The number of aromatic nitrogens is 6. The minimum Gasteiger partial charge on any atom is -0.382 e. The highest BCUT2D eigenvalue weighted by Crippen LogP contribution is 2.41. The molecule has 4 aromatic rings. The molecule has 0 saturated carbocycles. The zero-order valence-electron chi connectivity index (χ0n) is 16.4. The lowest BCUT2D eigenvalue weighted by Crippen LogP contribution is -2.38. The van der Waals surface area contributed by atoms with Crippen molar-refractivity contribution in [3.8, 4) is 11.3 Å². The first kappa shape index (κ1) is 19.8. The van der Waals surface area contributed by atoms with Crippen LogP contribution in [-0.4, -0.2) is 34.6 Å². The zero-order valence-corrected chi connectivity index (χ0v) is 16.4. The average molecular weight is 410 g/mol. The first-order chi connectivity index (χ1) is 14.4. The fourth-order valence-corrected chi connectivity index (χ4v) is 3.62. The minimum absolute atomic E-state index is 0.0514. The quantitative estimate of drug-likeness (QED) is 0.528. The van der Waals surface area contributed by atoms with Gasteiger partial charge in [0.2, 0.25) is 0 Å². The van der Waals surface area contributed by atoms with Crippen LogP contribution in [-0.2, 0) is 19.2 Å². The summed E-state index contributed by atoms with van der Waals surface area (Å²) < 4.78 is 31.4. The third-order valence-electron chi connectivity index (χ3n) is 5.22. The van der Waals surface area contributed by atoms with E-state index in [1.54, 1.807) is 37.1 Å². The van der Waals surface area contributed by atoms with Crippen molar-refractivity contribution in [1.29, 1.82) is 0 Å². The van der Waals surface area contributed by atoms with Gasteiger partial charge in [0.25, 0.3) is 0 Å². The smallest absolute Gasteiger partial charge is 0.137 e. The number of hydrogen-bond donors (Lipinski definition) is 1. The summed E-state index contributed by atoms with van der Waals surface area (Å²) in [5, 5.41) is 20.3. The molecular formula is C21H20F2N6O. The normalized spacial score (nSPS) is 14.4. The first-order valence-corrected chi connectivity index (χ1v) is 9.34. The van der Waals surface area contributed by atoms with E-state index in [1.165, 1.54) is 23.4 Å². The third kappa shape index (κ3) is 3.59. The number of rotatable bonds is 6. The van der Waals surface area contributed by atoms with Gasteiger partial charge in [-0.3, -0.25) is 9.67 Å². The summed E-state index contributed by atoms with van der Waals surface area (Å²) in [7, 11) is 1.80. The van der Waals surface area contributed by atoms with E-state index in [1.807, 2.05) is 12.1 Å². The molecule has 0 unspecified atom stereocenters. The molecule has 4 rings (SSSR count). The largest absolute Gasteiger partial charge is 0.382 e. The van der Waals surface area contributed by atoms with Crippen molar-refractivity contribution in [2.24, 2.45) is 7.05 Å². The average Bonchev–Trinajstić information content (AvgIpc) is 3.39. The van der Waals surface area contributed by atoms with Gasteiger partial charge in [0.1, 0.15) is 29.9 Å². The van der Waals surface area contributed by atoms with Crippen LogP contribution in [0.3, 0.4) is 0 Å². The molecule has 0 aliphatic carbocycles. The molecule has 0 saturated heterocycles. The Balaban J connectivity index is 1.86. The second kappa shape index (κ2) is 7.75. The van der Waals surface area contributed by atoms with Crippen molar-refractivity contribution < 1.29 is 13.9 Å². The number of benzene rings is 1. The highest BCUT2D eigenvalue weighted by atomic mass is 19.1. The highest BCUT2D eigenvalue weighted by Gasteiger charge is 2.41. The Morgan fingerprint density at radius 1 is 1.20 bits per heavy atom. The van der Waals surface area contributed by atoms with Crippen LogP contribution in [0.1, 0.15) is 24.1 Å². The zero-order chi connectivity index (χ0) is 21.3. The van der Waals surface area contributed by atoms with Crippen molar-refractivity contribution in [1.82, 2.24) is 29.5 Å². The van der Waals surface area contributed by atoms with Crippen LogP contribution in [0, 0.1) is 11.6 Å². The second-order valence-corrected chi connectivity index (χ2v) is 7.17. The molecule has 0 bridgehead atoms. The summed E-state index contributed by atoms with van der Waals surface area (Å²) in [6.45, 7) is 1.64. The Morgan fingerprint density at radius 2 is 2.03 bits per heavy atom. The van der Waals surface area contributed by atoms with E-state index in [4.69, 9.17) is 0 Å². The topological polar surface area (TPSA) is 81.6 Å². The number of nitrogens with zero attached hydrogens (tertiary/aromatic N) is 6. The van der Waals surface area contributed by atoms with Gasteiger partial charge in [0, 0.05) is 42.6 Å². The lowest BCUT2D eigenvalue weighted by molar-refractivity contribution is -0.0121. The molecule has 0 radical (unpaired) electrons. The van der Waals surface area contributed by atoms with Gasteiger partial charge in [-0.2, -0.15) is 10.2 Å². The van der Waals surface area contributed by atoms with Gasteiger partial charge >= 0.3 is 0 Å². The molecule has 3 heterocycles. The van der Waals surface area contributed by atoms with Crippen LogP contribution < -0.4 is 0 Å². The molecule has 0 amide bonds. The van der Waals surface area contributed by atoms with E-state index < -0.39 is 23.2 Å². The monoisotopic (exact) mass is 410 g/mol. The van der Waals surface area contributed by atoms with Crippen molar-refractivity contribution in [2.75, 3.05) is 0 Å². The summed E-state index contributed by atoms with van der Waals surface area (Å²) in [4.78, 5) is 8.38. The molecule has 0 aliphatic rings. The second-order valence-electron chi connectivity index (χ2n) is 7.17. The van der Waals surface area contributed by atoms with E-state index in [2.05, 4.69) is 20.2 Å². The van der Waals surface area contributed by atoms with Crippen molar-refractivity contribution in [3.05, 3.63) is 84.3 Å². The molecule has 1 aromatic carbocycles. The molecule has 7 nitrogen and oxygen atoms in total. The predicted molar refractivity (Wildman–Crippen MR) is 105 cm³/mol. The Morgan fingerprint density at radius 3 is 2.70 bits per heavy atom. The van der Waals surface area contributed by atoms with Crippen LogP contribution in [0.5, 0.6) is 0 Å². The summed E-state index contributed by atoms with van der Waals surface area (Å²) in [6, 6.07) is 8.58. The Bertz CT molecular complexity index is 1160. The molecule has 154 valence electrons. The molecule has 1 N–H and O–H groups in total. The van der Waals surface area contributed by atoms with Gasteiger partial charge in [0.05, 0.1) is 17.9 Å². The molecular weight excluding hydrogens is 390 g/mol. The van der Waals surface area contributed by atoms with E-state index in [-0.39, 0.29) is 12.1 Å². The van der Waals surface area contributed by atoms with Gasteiger partial charge in [-0.1, -0.05) is 13.0 Å². The highest BCUT2D eigenvalue weighted by molar-refractivity contribution is 5.62. The molecule has 30 heavy (non-hydrogen) atoms. The van der Waals surface area contributed by atoms with E-state index in [9.17, 15) is 13.9 Å². The van der Waals surface area contributed by atoms with E-state index in [0.29, 0.717) is 17.0 Å². The van der Waals surface area contributed by atoms with Crippen molar-refractivity contribution in [2.45, 2.75) is 25.0 Å². The van der Waals surface area contributed by atoms with Gasteiger partial charge < -0.3 is 5.11 Å². The minimum atomic E-state index is -1.79.